The average Bonchev–Trinajstić information content (AvgIpc) is 3.05. The fourth-order valence-corrected chi connectivity index (χ4v) is 6.78. The molecule has 0 aliphatic carbocycles. The number of benzene rings is 4. The number of nitrogens with zero attached hydrogens (tertiary/aromatic N) is 2. The maximum atomic E-state index is 14.5. The summed E-state index contributed by atoms with van der Waals surface area (Å²) in [5.74, 6) is -0.591. The number of sulfonamides is 1. The highest BCUT2D eigenvalue weighted by Crippen LogP contribution is 2.32. The summed E-state index contributed by atoms with van der Waals surface area (Å²) in [6, 6.07) is 27.6. The SMILES string of the molecule is CC[C@H](C)NC(=O)[C@@H](Cc1ccccc1)N(Cc1cccc(Cl)c1)C(=O)CN(c1ccc(OC)c(Cl)c1)S(=O)(=O)c1ccccc1. The van der Waals surface area contributed by atoms with Crippen molar-refractivity contribution < 1.29 is 22.7 Å². The number of amides is 2. The normalized spacial score (nSPS) is 12.5. The van der Waals surface area contributed by atoms with Crippen LogP contribution in [0.4, 0.5) is 5.69 Å². The van der Waals surface area contributed by atoms with Crippen molar-refractivity contribution in [3.63, 3.8) is 0 Å². The van der Waals surface area contributed by atoms with Crippen molar-refractivity contribution in [2.24, 2.45) is 0 Å². The topological polar surface area (TPSA) is 96.0 Å². The monoisotopic (exact) mass is 681 g/mol. The number of hydrogen-bond acceptors (Lipinski definition) is 5. The molecule has 46 heavy (non-hydrogen) atoms. The highest BCUT2D eigenvalue weighted by atomic mass is 35.5. The number of carbonyl (C=O) groups excluding carboxylic acids is 2. The Labute approximate surface area is 280 Å². The fourth-order valence-electron chi connectivity index (χ4n) is 4.89. The molecule has 0 bridgehead atoms. The van der Waals surface area contributed by atoms with Gasteiger partial charge in [-0.25, -0.2) is 8.42 Å². The summed E-state index contributed by atoms with van der Waals surface area (Å²) in [5.41, 5.74) is 1.68. The molecular weight excluding hydrogens is 645 g/mol. The molecule has 0 saturated carbocycles. The van der Waals surface area contributed by atoms with Crippen molar-refractivity contribution in [1.82, 2.24) is 10.2 Å². The zero-order valence-corrected chi connectivity index (χ0v) is 28.2. The highest BCUT2D eigenvalue weighted by molar-refractivity contribution is 7.92. The maximum Gasteiger partial charge on any atom is 0.264 e. The summed E-state index contributed by atoms with van der Waals surface area (Å²) >= 11 is 12.7. The largest absolute Gasteiger partial charge is 0.495 e. The number of nitrogens with one attached hydrogen (secondary N) is 1. The lowest BCUT2D eigenvalue weighted by atomic mass is 10.0. The van der Waals surface area contributed by atoms with E-state index in [0.717, 1.165) is 9.87 Å². The second-order valence-corrected chi connectivity index (χ2v) is 13.5. The number of rotatable bonds is 14. The number of methoxy groups -OCH3 is 1. The van der Waals surface area contributed by atoms with Gasteiger partial charge in [0.25, 0.3) is 10.0 Å². The van der Waals surface area contributed by atoms with E-state index in [1.807, 2.05) is 44.2 Å². The minimum Gasteiger partial charge on any atom is -0.495 e. The third-order valence-corrected chi connectivity index (χ3v) is 9.87. The van der Waals surface area contributed by atoms with Gasteiger partial charge in [0.05, 0.1) is 22.7 Å². The molecule has 4 aromatic carbocycles. The lowest BCUT2D eigenvalue weighted by molar-refractivity contribution is -0.140. The van der Waals surface area contributed by atoms with Crippen molar-refractivity contribution in [1.29, 1.82) is 0 Å². The maximum absolute atomic E-state index is 14.5. The Morgan fingerprint density at radius 2 is 1.52 bits per heavy atom. The molecule has 1 N–H and O–H groups in total. The zero-order valence-electron chi connectivity index (χ0n) is 25.9. The summed E-state index contributed by atoms with van der Waals surface area (Å²) in [5, 5.41) is 3.66. The van der Waals surface area contributed by atoms with E-state index in [-0.39, 0.29) is 40.5 Å². The molecule has 2 atom stereocenters. The van der Waals surface area contributed by atoms with Gasteiger partial charge in [-0.3, -0.25) is 13.9 Å². The van der Waals surface area contributed by atoms with Gasteiger partial charge in [-0.15, -0.1) is 0 Å². The first-order chi connectivity index (χ1) is 22.0. The van der Waals surface area contributed by atoms with E-state index in [4.69, 9.17) is 27.9 Å². The van der Waals surface area contributed by atoms with Crippen molar-refractivity contribution in [3.05, 3.63) is 124 Å². The minimum atomic E-state index is -4.26. The molecule has 0 spiro atoms. The summed E-state index contributed by atoms with van der Waals surface area (Å²) < 4.78 is 34.5. The second kappa shape index (κ2) is 16.0. The van der Waals surface area contributed by atoms with Crippen LogP contribution < -0.4 is 14.4 Å². The van der Waals surface area contributed by atoms with Crippen LogP contribution in [0, 0.1) is 0 Å². The van der Waals surface area contributed by atoms with Crippen LogP contribution in [0.5, 0.6) is 5.75 Å². The summed E-state index contributed by atoms with van der Waals surface area (Å²) in [6.45, 7) is 3.25. The van der Waals surface area contributed by atoms with E-state index in [1.165, 1.54) is 42.3 Å². The molecule has 4 aromatic rings. The van der Waals surface area contributed by atoms with Gasteiger partial charge < -0.3 is 15.0 Å². The number of carbonyl (C=O) groups is 2. The summed E-state index contributed by atoms with van der Waals surface area (Å²) in [4.78, 5) is 29.9. The van der Waals surface area contributed by atoms with Crippen LogP contribution in [0.25, 0.3) is 0 Å². The van der Waals surface area contributed by atoms with Crippen LogP contribution in [0.3, 0.4) is 0 Å². The third-order valence-electron chi connectivity index (χ3n) is 7.55. The van der Waals surface area contributed by atoms with E-state index < -0.39 is 28.5 Å². The molecular formula is C35H37Cl2N3O5S. The molecule has 0 aliphatic heterocycles. The molecule has 0 radical (unpaired) electrons. The van der Waals surface area contributed by atoms with Crippen molar-refractivity contribution in [2.45, 2.75) is 50.2 Å². The first-order valence-corrected chi connectivity index (χ1v) is 17.0. The molecule has 8 nitrogen and oxygen atoms in total. The first kappa shape index (κ1) is 34.8. The first-order valence-electron chi connectivity index (χ1n) is 14.8. The third kappa shape index (κ3) is 8.81. The molecule has 4 rings (SSSR count). The van der Waals surface area contributed by atoms with Crippen LogP contribution in [0.15, 0.2) is 108 Å². The van der Waals surface area contributed by atoms with Crippen LogP contribution >= 0.6 is 23.2 Å². The molecule has 0 saturated heterocycles. The highest BCUT2D eigenvalue weighted by Gasteiger charge is 2.35. The van der Waals surface area contributed by atoms with Gasteiger partial charge in [0.1, 0.15) is 18.3 Å². The predicted octanol–water partition coefficient (Wildman–Crippen LogP) is 6.75. The standard InChI is InChI=1S/C35H37Cl2N3O5S/c1-4-25(2)38-35(42)32(21-26-12-7-5-8-13-26)39(23-27-14-11-15-28(36)20-27)34(41)24-40(29-18-19-33(45-3)31(37)22-29)46(43,44)30-16-9-6-10-17-30/h5-20,22,25,32H,4,21,23-24H2,1-3H3,(H,38,42)/t25-,32+/m0/s1. The van der Waals surface area contributed by atoms with Gasteiger partial charge in [0, 0.05) is 24.0 Å². The van der Waals surface area contributed by atoms with E-state index in [2.05, 4.69) is 5.32 Å². The van der Waals surface area contributed by atoms with Crippen LogP contribution in [0.2, 0.25) is 10.0 Å². The summed E-state index contributed by atoms with van der Waals surface area (Å²) in [6.07, 6.45) is 0.891. The zero-order chi connectivity index (χ0) is 33.3. The van der Waals surface area contributed by atoms with Crippen LogP contribution in [-0.4, -0.2) is 50.9 Å². The molecule has 11 heteroatoms. The van der Waals surface area contributed by atoms with Gasteiger partial charge in [0.2, 0.25) is 11.8 Å². The lowest BCUT2D eigenvalue weighted by Crippen LogP contribution is -2.54. The Kier molecular flexibility index (Phi) is 12.1. The Morgan fingerprint density at radius 3 is 2.13 bits per heavy atom. The number of halogens is 2. The molecule has 0 aliphatic rings. The minimum absolute atomic E-state index is 0.00735. The van der Waals surface area contributed by atoms with Gasteiger partial charge >= 0.3 is 0 Å². The van der Waals surface area contributed by atoms with E-state index in [0.29, 0.717) is 22.8 Å². The Bertz CT molecular complexity index is 1740. The average molecular weight is 683 g/mol. The summed E-state index contributed by atoms with van der Waals surface area (Å²) in [7, 11) is -2.81. The molecule has 0 unspecified atom stereocenters. The lowest BCUT2D eigenvalue weighted by Gasteiger charge is -2.34. The molecule has 0 fully saturated rings. The van der Waals surface area contributed by atoms with Gasteiger partial charge in [-0.1, -0.05) is 90.8 Å². The molecule has 0 heterocycles. The van der Waals surface area contributed by atoms with Gasteiger partial charge in [-0.2, -0.15) is 0 Å². The Balaban J connectivity index is 1.83. The predicted molar refractivity (Wildman–Crippen MR) is 183 cm³/mol. The smallest absolute Gasteiger partial charge is 0.264 e. The second-order valence-electron chi connectivity index (χ2n) is 10.8. The van der Waals surface area contributed by atoms with Gasteiger partial charge in [-0.05, 0) is 66.9 Å². The van der Waals surface area contributed by atoms with Crippen molar-refractivity contribution in [3.8, 4) is 5.75 Å². The molecule has 242 valence electrons. The van der Waals surface area contributed by atoms with Crippen molar-refractivity contribution in [2.75, 3.05) is 18.0 Å². The molecule has 2 amide bonds. The fraction of sp³-hybridized carbons (Fsp3) is 0.257. The quantitative estimate of drug-likeness (QED) is 0.159. The molecule has 0 aromatic heterocycles. The van der Waals surface area contributed by atoms with Crippen LogP contribution in [0.1, 0.15) is 31.4 Å². The number of ether oxygens (including phenoxy) is 1. The number of anilines is 1. The Morgan fingerprint density at radius 1 is 0.870 bits per heavy atom. The number of hydrogen-bond donors (Lipinski definition) is 1. The van der Waals surface area contributed by atoms with E-state index in [9.17, 15) is 18.0 Å². The van der Waals surface area contributed by atoms with Crippen LogP contribution in [-0.2, 0) is 32.6 Å². The Hall–Kier alpha value is -4.05. The van der Waals surface area contributed by atoms with E-state index in [1.54, 1.807) is 42.5 Å². The van der Waals surface area contributed by atoms with E-state index >= 15 is 0 Å². The van der Waals surface area contributed by atoms with Gasteiger partial charge in [0.15, 0.2) is 0 Å². The van der Waals surface area contributed by atoms with Crippen molar-refractivity contribution >= 4 is 50.7 Å².